The van der Waals surface area contributed by atoms with Crippen molar-refractivity contribution in [3.05, 3.63) is 0 Å². The van der Waals surface area contributed by atoms with Crippen molar-refractivity contribution in [3.63, 3.8) is 0 Å². The Morgan fingerprint density at radius 2 is 2.08 bits per heavy atom. The molecule has 0 amide bonds. The number of nitrogens with one attached hydrogen (secondary N) is 1. The maximum absolute atomic E-state index is 5.71. The summed E-state index contributed by atoms with van der Waals surface area (Å²) >= 11 is 0. The maximum atomic E-state index is 5.71. The van der Waals surface area contributed by atoms with Crippen LogP contribution in [0.2, 0.25) is 0 Å². The lowest BCUT2D eigenvalue weighted by atomic mass is 10.1. The van der Waals surface area contributed by atoms with Gasteiger partial charge in [0.15, 0.2) is 5.96 Å². The largest absolute Gasteiger partial charge is 0.370 e. The molecule has 0 unspecified atom stereocenters. The zero-order chi connectivity index (χ0) is 9.90. The van der Waals surface area contributed by atoms with Crippen molar-refractivity contribution in [1.29, 1.82) is 0 Å². The van der Waals surface area contributed by atoms with Gasteiger partial charge in [0.2, 0.25) is 0 Å². The van der Waals surface area contributed by atoms with Crippen LogP contribution < -0.4 is 11.1 Å². The normalized spacial score (nSPS) is 18.8. The third kappa shape index (κ3) is 5.50. The van der Waals surface area contributed by atoms with Gasteiger partial charge in [0.05, 0.1) is 0 Å². The van der Waals surface area contributed by atoms with Crippen LogP contribution in [0, 0.1) is 5.92 Å². The Labute approximate surface area is 80.8 Å². The minimum absolute atomic E-state index is 0.0210. The Kier molecular flexibility index (Phi) is 3.17. The second-order valence-corrected chi connectivity index (χ2v) is 4.87. The highest BCUT2D eigenvalue weighted by Gasteiger charge is 2.20. The molecule has 3 nitrogen and oxygen atoms in total. The van der Waals surface area contributed by atoms with E-state index in [9.17, 15) is 0 Å². The lowest BCUT2D eigenvalue weighted by molar-refractivity contribution is 0.508. The molecule has 0 bridgehead atoms. The molecule has 1 aliphatic rings. The van der Waals surface area contributed by atoms with Crippen LogP contribution in [0.5, 0.6) is 0 Å². The fourth-order valence-corrected chi connectivity index (χ4v) is 1.20. The third-order valence-electron chi connectivity index (χ3n) is 2.02. The summed E-state index contributed by atoms with van der Waals surface area (Å²) < 4.78 is 0. The Hall–Kier alpha value is -0.730. The van der Waals surface area contributed by atoms with Crippen molar-refractivity contribution < 1.29 is 0 Å². The third-order valence-corrected chi connectivity index (χ3v) is 2.02. The quantitative estimate of drug-likeness (QED) is 0.514. The molecule has 0 aromatic rings. The highest BCUT2D eigenvalue weighted by Crippen LogP contribution is 2.31. The molecule has 0 aromatic heterocycles. The van der Waals surface area contributed by atoms with Crippen LogP contribution in [0.15, 0.2) is 4.99 Å². The van der Waals surface area contributed by atoms with Crippen LogP contribution in [0.4, 0.5) is 0 Å². The summed E-state index contributed by atoms with van der Waals surface area (Å²) in [5.41, 5.74) is 5.73. The number of aliphatic imine (C=N–C) groups is 1. The van der Waals surface area contributed by atoms with Crippen molar-refractivity contribution in [2.24, 2.45) is 16.6 Å². The molecule has 0 heterocycles. The lowest BCUT2D eigenvalue weighted by Gasteiger charge is -2.20. The van der Waals surface area contributed by atoms with E-state index >= 15 is 0 Å². The summed E-state index contributed by atoms with van der Waals surface area (Å²) in [6.07, 6.45) is 3.98. The zero-order valence-electron chi connectivity index (χ0n) is 8.93. The molecule has 0 spiro atoms. The van der Waals surface area contributed by atoms with Crippen LogP contribution >= 0.6 is 0 Å². The van der Waals surface area contributed by atoms with E-state index in [-0.39, 0.29) is 5.54 Å². The number of nitrogens with two attached hydrogens (primary N) is 1. The topological polar surface area (TPSA) is 50.4 Å². The summed E-state index contributed by atoms with van der Waals surface area (Å²) in [5.74, 6) is 1.51. The predicted octanol–water partition coefficient (Wildman–Crippen LogP) is 1.49. The molecule has 1 fully saturated rings. The molecule has 0 saturated heterocycles. The van der Waals surface area contributed by atoms with E-state index in [1.54, 1.807) is 0 Å². The van der Waals surface area contributed by atoms with Gasteiger partial charge in [-0.3, -0.25) is 4.99 Å². The van der Waals surface area contributed by atoms with Crippen LogP contribution in [0.25, 0.3) is 0 Å². The molecule has 76 valence electrons. The van der Waals surface area contributed by atoms with Crippen molar-refractivity contribution in [2.75, 3.05) is 6.54 Å². The molecule has 3 heteroatoms. The molecule has 1 saturated carbocycles. The van der Waals surface area contributed by atoms with Gasteiger partial charge in [0, 0.05) is 12.1 Å². The summed E-state index contributed by atoms with van der Waals surface area (Å²) in [5, 5.41) is 3.14. The molecular weight excluding hydrogens is 162 g/mol. The summed E-state index contributed by atoms with van der Waals surface area (Å²) in [6, 6.07) is 0. The number of hydrogen-bond donors (Lipinski definition) is 2. The second-order valence-electron chi connectivity index (χ2n) is 4.87. The molecular formula is C10H21N3. The summed E-state index contributed by atoms with van der Waals surface area (Å²) in [4.78, 5) is 4.27. The van der Waals surface area contributed by atoms with Crippen LogP contribution in [-0.2, 0) is 0 Å². The Balaban J connectivity index is 2.16. The van der Waals surface area contributed by atoms with E-state index in [4.69, 9.17) is 5.73 Å². The fraction of sp³-hybridized carbons (Fsp3) is 0.900. The van der Waals surface area contributed by atoms with Crippen LogP contribution in [0.3, 0.4) is 0 Å². The average molecular weight is 183 g/mol. The fourth-order valence-electron chi connectivity index (χ4n) is 1.20. The number of guanidine groups is 1. The average Bonchev–Trinajstić information content (AvgIpc) is 2.66. The lowest BCUT2D eigenvalue weighted by Crippen LogP contribution is -2.45. The smallest absolute Gasteiger partial charge is 0.188 e. The first kappa shape index (κ1) is 10.4. The van der Waals surface area contributed by atoms with Gasteiger partial charge in [-0.15, -0.1) is 0 Å². The molecule has 0 aromatic carbocycles. The summed E-state index contributed by atoms with van der Waals surface area (Å²) in [7, 11) is 0. The van der Waals surface area contributed by atoms with Gasteiger partial charge in [0.25, 0.3) is 0 Å². The van der Waals surface area contributed by atoms with Gasteiger partial charge in [-0.2, -0.15) is 0 Å². The molecule has 0 atom stereocenters. The first-order valence-electron chi connectivity index (χ1n) is 5.05. The standard InChI is InChI=1S/C10H21N3/c1-10(2,3)13-9(11)12-7-6-8-4-5-8/h8H,4-7H2,1-3H3,(H3,11,12,13). The zero-order valence-corrected chi connectivity index (χ0v) is 8.93. The highest BCUT2D eigenvalue weighted by molar-refractivity contribution is 5.78. The van der Waals surface area contributed by atoms with E-state index in [0.717, 1.165) is 12.5 Å². The van der Waals surface area contributed by atoms with Gasteiger partial charge < -0.3 is 11.1 Å². The molecule has 3 N–H and O–H groups in total. The molecule has 13 heavy (non-hydrogen) atoms. The SMILES string of the molecule is CC(C)(C)NC(N)=NCCC1CC1. The van der Waals surface area contributed by atoms with E-state index in [2.05, 4.69) is 31.1 Å². The van der Waals surface area contributed by atoms with E-state index in [1.807, 2.05) is 0 Å². The predicted molar refractivity (Wildman–Crippen MR) is 56.7 cm³/mol. The maximum Gasteiger partial charge on any atom is 0.188 e. The monoisotopic (exact) mass is 183 g/mol. The summed E-state index contributed by atoms with van der Waals surface area (Å²) in [6.45, 7) is 7.11. The number of rotatable bonds is 3. The van der Waals surface area contributed by atoms with Gasteiger partial charge >= 0.3 is 0 Å². The molecule has 1 rings (SSSR count). The Bertz CT molecular complexity index is 187. The Morgan fingerprint density at radius 1 is 1.46 bits per heavy atom. The van der Waals surface area contributed by atoms with Gasteiger partial charge in [-0.05, 0) is 33.1 Å². The number of hydrogen-bond acceptors (Lipinski definition) is 1. The number of nitrogens with zero attached hydrogens (tertiary/aromatic N) is 1. The Morgan fingerprint density at radius 3 is 2.54 bits per heavy atom. The second kappa shape index (κ2) is 3.99. The van der Waals surface area contributed by atoms with Crippen LogP contribution in [0.1, 0.15) is 40.0 Å². The van der Waals surface area contributed by atoms with E-state index < -0.39 is 0 Å². The minimum atomic E-state index is 0.0210. The van der Waals surface area contributed by atoms with Crippen LogP contribution in [-0.4, -0.2) is 18.0 Å². The van der Waals surface area contributed by atoms with Gasteiger partial charge in [-0.25, -0.2) is 0 Å². The molecule has 0 radical (unpaired) electrons. The first-order valence-corrected chi connectivity index (χ1v) is 5.05. The molecule has 1 aliphatic carbocycles. The van der Waals surface area contributed by atoms with Crippen molar-refractivity contribution >= 4 is 5.96 Å². The first-order chi connectivity index (χ1) is 5.97. The highest BCUT2D eigenvalue weighted by atomic mass is 15.1. The van der Waals surface area contributed by atoms with E-state index in [0.29, 0.717) is 5.96 Å². The van der Waals surface area contributed by atoms with E-state index in [1.165, 1.54) is 19.3 Å². The van der Waals surface area contributed by atoms with Crippen molar-refractivity contribution in [1.82, 2.24) is 5.32 Å². The van der Waals surface area contributed by atoms with Gasteiger partial charge in [0.1, 0.15) is 0 Å². The van der Waals surface area contributed by atoms with Crippen molar-refractivity contribution in [2.45, 2.75) is 45.6 Å². The minimum Gasteiger partial charge on any atom is -0.370 e. The van der Waals surface area contributed by atoms with Crippen molar-refractivity contribution in [3.8, 4) is 0 Å². The molecule has 0 aliphatic heterocycles. The van der Waals surface area contributed by atoms with Gasteiger partial charge in [-0.1, -0.05) is 12.8 Å².